The lowest BCUT2D eigenvalue weighted by Crippen LogP contribution is -2.35. The molecule has 2 aromatic rings. The molecular weight excluding hydrogens is 397 g/mol. The summed E-state index contributed by atoms with van der Waals surface area (Å²) in [6.45, 7) is 1.74. The average molecular weight is 420 g/mol. The molecule has 30 heavy (non-hydrogen) atoms. The maximum Gasteiger partial charge on any atom is 0.573 e. The Balaban J connectivity index is 1.41. The molecule has 1 aromatic heterocycles. The van der Waals surface area contributed by atoms with Crippen molar-refractivity contribution in [2.75, 3.05) is 18.4 Å². The number of carbonyl (C=O) groups is 1. The molecule has 0 radical (unpaired) electrons. The van der Waals surface area contributed by atoms with Gasteiger partial charge >= 0.3 is 6.36 Å². The van der Waals surface area contributed by atoms with Crippen molar-refractivity contribution in [2.24, 2.45) is 0 Å². The van der Waals surface area contributed by atoms with Gasteiger partial charge in [0, 0.05) is 32.0 Å². The van der Waals surface area contributed by atoms with E-state index in [1.54, 1.807) is 4.90 Å². The Morgan fingerprint density at radius 3 is 2.43 bits per heavy atom. The molecule has 1 N–H and O–H groups in total. The molecular formula is C21H23F3N4O2. The highest BCUT2D eigenvalue weighted by Crippen LogP contribution is 2.42. The van der Waals surface area contributed by atoms with Gasteiger partial charge in [-0.25, -0.2) is 9.97 Å². The monoisotopic (exact) mass is 420 g/mol. The van der Waals surface area contributed by atoms with E-state index in [2.05, 4.69) is 20.0 Å². The van der Waals surface area contributed by atoms with Crippen LogP contribution in [0, 0.1) is 0 Å². The van der Waals surface area contributed by atoms with Gasteiger partial charge in [-0.2, -0.15) is 0 Å². The van der Waals surface area contributed by atoms with Gasteiger partial charge in [-0.3, -0.25) is 4.79 Å². The summed E-state index contributed by atoms with van der Waals surface area (Å²) in [5, 5.41) is 3.00. The van der Waals surface area contributed by atoms with Crippen LogP contribution in [0.4, 0.5) is 19.1 Å². The lowest BCUT2D eigenvalue weighted by Gasteiger charge is -2.26. The predicted molar refractivity (Wildman–Crippen MR) is 104 cm³/mol. The number of piperidine rings is 1. The SMILES string of the molecule is O=C(c1cnc(NCc2cc(OC(F)(F)F)cc(C3CC3)c2)nc1)N1CCCCC1. The number of aromatic nitrogens is 2. The molecule has 2 fully saturated rings. The second-order valence-corrected chi connectivity index (χ2v) is 7.73. The third-order valence-corrected chi connectivity index (χ3v) is 5.26. The van der Waals surface area contributed by atoms with Gasteiger partial charge < -0.3 is 15.0 Å². The van der Waals surface area contributed by atoms with Crippen LogP contribution in [0.5, 0.6) is 5.75 Å². The van der Waals surface area contributed by atoms with Crippen LogP contribution in [0.3, 0.4) is 0 Å². The van der Waals surface area contributed by atoms with Crippen molar-refractivity contribution in [1.82, 2.24) is 14.9 Å². The average Bonchev–Trinajstić information content (AvgIpc) is 3.57. The zero-order chi connectivity index (χ0) is 21.1. The normalized spacial score (nSPS) is 17.0. The van der Waals surface area contributed by atoms with Crippen LogP contribution in [0.15, 0.2) is 30.6 Å². The fourth-order valence-electron chi connectivity index (χ4n) is 3.62. The van der Waals surface area contributed by atoms with Gasteiger partial charge in [0.05, 0.1) is 5.56 Å². The summed E-state index contributed by atoms with van der Waals surface area (Å²) in [6.07, 6.45) is 3.32. The van der Waals surface area contributed by atoms with E-state index in [1.807, 2.05) is 6.07 Å². The number of nitrogens with one attached hydrogen (secondary N) is 1. The van der Waals surface area contributed by atoms with Crippen molar-refractivity contribution in [3.63, 3.8) is 0 Å². The van der Waals surface area contributed by atoms with E-state index in [4.69, 9.17) is 0 Å². The van der Waals surface area contributed by atoms with Crippen LogP contribution in [-0.2, 0) is 6.54 Å². The maximum atomic E-state index is 12.6. The molecule has 2 aliphatic rings. The molecule has 1 amide bonds. The van der Waals surface area contributed by atoms with Crippen LogP contribution < -0.4 is 10.1 Å². The molecule has 0 unspecified atom stereocenters. The molecule has 1 aliphatic carbocycles. The summed E-state index contributed by atoms with van der Waals surface area (Å²) in [5.74, 6) is 0.302. The predicted octanol–water partition coefficient (Wildman–Crippen LogP) is 4.49. The second-order valence-electron chi connectivity index (χ2n) is 7.73. The van der Waals surface area contributed by atoms with Crippen molar-refractivity contribution in [3.8, 4) is 5.75 Å². The van der Waals surface area contributed by atoms with Crippen molar-refractivity contribution in [1.29, 1.82) is 0 Å². The molecule has 4 rings (SSSR count). The van der Waals surface area contributed by atoms with Gasteiger partial charge in [0.25, 0.3) is 5.91 Å². The van der Waals surface area contributed by atoms with Crippen molar-refractivity contribution < 1.29 is 22.7 Å². The fourth-order valence-corrected chi connectivity index (χ4v) is 3.62. The number of hydrogen-bond donors (Lipinski definition) is 1. The largest absolute Gasteiger partial charge is 0.573 e. The Morgan fingerprint density at radius 1 is 1.10 bits per heavy atom. The molecule has 1 saturated carbocycles. The lowest BCUT2D eigenvalue weighted by atomic mass is 10.1. The van der Waals surface area contributed by atoms with Gasteiger partial charge in [0.2, 0.25) is 5.95 Å². The number of carbonyl (C=O) groups excluding carboxylic acids is 1. The summed E-state index contributed by atoms with van der Waals surface area (Å²) in [4.78, 5) is 22.6. The molecule has 0 atom stereocenters. The smallest absolute Gasteiger partial charge is 0.406 e. The number of halogens is 3. The summed E-state index contributed by atoms with van der Waals surface area (Å²) in [7, 11) is 0. The Labute approximate surface area is 172 Å². The number of rotatable bonds is 6. The Hall–Kier alpha value is -2.84. The Bertz CT molecular complexity index is 892. The maximum absolute atomic E-state index is 12.6. The van der Waals surface area contributed by atoms with Gasteiger partial charge in [0.1, 0.15) is 5.75 Å². The van der Waals surface area contributed by atoms with E-state index in [1.165, 1.54) is 24.5 Å². The summed E-state index contributed by atoms with van der Waals surface area (Å²) in [6, 6.07) is 4.69. The molecule has 2 heterocycles. The van der Waals surface area contributed by atoms with E-state index in [-0.39, 0.29) is 24.1 Å². The molecule has 6 nitrogen and oxygen atoms in total. The van der Waals surface area contributed by atoms with E-state index in [9.17, 15) is 18.0 Å². The second kappa shape index (κ2) is 8.49. The Morgan fingerprint density at radius 2 is 1.80 bits per heavy atom. The van der Waals surface area contributed by atoms with E-state index >= 15 is 0 Å². The third kappa shape index (κ3) is 5.40. The highest BCUT2D eigenvalue weighted by molar-refractivity contribution is 5.93. The van der Waals surface area contributed by atoms with Crippen LogP contribution >= 0.6 is 0 Å². The van der Waals surface area contributed by atoms with E-state index < -0.39 is 6.36 Å². The first-order valence-corrected chi connectivity index (χ1v) is 10.1. The third-order valence-electron chi connectivity index (χ3n) is 5.26. The number of anilines is 1. The lowest BCUT2D eigenvalue weighted by molar-refractivity contribution is -0.274. The van der Waals surface area contributed by atoms with Crippen LogP contribution in [0.2, 0.25) is 0 Å². The minimum Gasteiger partial charge on any atom is -0.406 e. The van der Waals surface area contributed by atoms with Crippen LogP contribution in [-0.4, -0.2) is 40.2 Å². The van der Waals surface area contributed by atoms with Gasteiger partial charge in [0.15, 0.2) is 0 Å². The summed E-state index contributed by atoms with van der Waals surface area (Å²) in [5.41, 5.74) is 1.92. The molecule has 0 bridgehead atoms. The first-order chi connectivity index (χ1) is 14.4. The zero-order valence-electron chi connectivity index (χ0n) is 16.4. The number of hydrogen-bond acceptors (Lipinski definition) is 5. The van der Waals surface area contributed by atoms with Crippen molar-refractivity contribution in [3.05, 3.63) is 47.3 Å². The minimum absolute atomic E-state index is 0.0766. The molecule has 1 aromatic carbocycles. The topological polar surface area (TPSA) is 67.3 Å². The molecule has 0 spiro atoms. The molecule has 160 valence electrons. The van der Waals surface area contributed by atoms with Crippen LogP contribution in [0.1, 0.15) is 59.5 Å². The fraction of sp³-hybridized carbons (Fsp3) is 0.476. The number of benzene rings is 1. The number of ether oxygens (including phenoxy) is 1. The van der Waals surface area contributed by atoms with Gasteiger partial charge in [-0.1, -0.05) is 6.07 Å². The van der Waals surface area contributed by atoms with Crippen LogP contribution in [0.25, 0.3) is 0 Å². The quantitative estimate of drug-likeness (QED) is 0.746. The first-order valence-electron chi connectivity index (χ1n) is 10.1. The Kier molecular flexibility index (Phi) is 5.78. The highest BCUT2D eigenvalue weighted by atomic mass is 19.4. The molecule has 1 saturated heterocycles. The van der Waals surface area contributed by atoms with Crippen molar-refractivity contribution in [2.45, 2.75) is 50.9 Å². The number of alkyl halides is 3. The number of nitrogens with zero attached hydrogens (tertiary/aromatic N) is 3. The minimum atomic E-state index is -4.73. The number of amides is 1. The zero-order valence-corrected chi connectivity index (χ0v) is 16.4. The van der Waals surface area contributed by atoms with Crippen molar-refractivity contribution >= 4 is 11.9 Å². The standard InChI is InChI=1S/C21H23F3N4O2/c22-21(23,24)30-18-9-14(8-16(10-18)15-4-5-15)11-25-20-26-12-17(13-27-20)19(29)28-6-2-1-3-7-28/h8-10,12-13,15H,1-7,11H2,(H,25,26,27). The van der Waals surface area contributed by atoms with E-state index in [0.717, 1.165) is 50.8 Å². The molecule has 9 heteroatoms. The highest BCUT2D eigenvalue weighted by Gasteiger charge is 2.32. The summed E-state index contributed by atoms with van der Waals surface area (Å²) < 4.78 is 42.0. The summed E-state index contributed by atoms with van der Waals surface area (Å²) >= 11 is 0. The van der Waals surface area contributed by atoms with Gasteiger partial charge in [-0.15, -0.1) is 13.2 Å². The van der Waals surface area contributed by atoms with Gasteiger partial charge in [-0.05, 0) is 61.3 Å². The van der Waals surface area contributed by atoms with E-state index in [0.29, 0.717) is 17.1 Å². The number of likely N-dealkylation sites (tertiary alicyclic amines) is 1. The molecule has 1 aliphatic heterocycles. The first kappa shape index (κ1) is 20.4.